The van der Waals surface area contributed by atoms with Crippen LogP contribution in [0.2, 0.25) is 0 Å². The summed E-state index contributed by atoms with van der Waals surface area (Å²) in [4.78, 5) is 23.0. The number of hydrogen-bond acceptors (Lipinski definition) is 4. The van der Waals surface area contributed by atoms with Gasteiger partial charge in [0.1, 0.15) is 12.6 Å². The van der Waals surface area contributed by atoms with Crippen molar-refractivity contribution in [1.29, 1.82) is 0 Å². The zero-order chi connectivity index (χ0) is 14.8. The maximum Gasteiger partial charge on any atom is 0.328 e. The molecule has 1 aromatic carbocycles. The van der Waals surface area contributed by atoms with Crippen molar-refractivity contribution in [3.05, 3.63) is 42.0 Å². The first-order valence-electron chi connectivity index (χ1n) is 6.25. The van der Waals surface area contributed by atoms with E-state index in [9.17, 15) is 9.59 Å². The van der Waals surface area contributed by atoms with Crippen LogP contribution in [0, 0.1) is 0 Å². The van der Waals surface area contributed by atoms with Crippen molar-refractivity contribution < 1.29 is 19.1 Å². The van der Waals surface area contributed by atoms with Crippen LogP contribution in [0.5, 0.6) is 0 Å². The Bertz CT molecular complexity index is 456. The second kappa shape index (κ2) is 8.87. The molecule has 0 saturated heterocycles. The Labute approximate surface area is 118 Å². The molecule has 0 unspecified atom stereocenters. The van der Waals surface area contributed by atoms with E-state index in [2.05, 4.69) is 10.1 Å². The molecule has 1 aromatic rings. The van der Waals surface area contributed by atoms with Crippen molar-refractivity contribution in [2.75, 3.05) is 20.8 Å². The molecule has 1 atom stereocenters. The molecule has 0 aliphatic heterocycles. The van der Waals surface area contributed by atoms with Crippen LogP contribution in [-0.2, 0) is 19.1 Å². The number of rotatable bonds is 7. The maximum atomic E-state index is 11.6. The van der Waals surface area contributed by atoms with E-state index in [1.165, 1.54) is 14.2 Å². The number of esters is 1. The highest BCUT2D eigenvalue weighted by molar-refractivity contribution is 5.85. The summed E-state index contributed by atoms with van der Waals surface area (Å²) in [6.07, 6.45) is 4.07. The van der Waals surface area contributed by atoms with Crippen molar-refractivity contribution in [3.8, 4) is 0 Å². The lowest BCUT2D eigenvalue weighted by molar-refractivity contribution is -0.145. The molecule has 0 aliphatic carbocycles. The number of benzene rings is 1. The van der Waals surface area contributed by atoms with Crippen LogP contribution in [0.15, 0.2) is 36.4 Å². The van der Waals surface area contributed by atoms with E-state index in [-0.39, 0.29) is 12.5 Å². The molecule has 0 aromatic heterocycles. The highest BCUT2D eigenvalue weighted by atomic mass is 16.5. The van der Waals surface area contributed by atoms with Gasteiger partial charge in [0, 0.05) is 7.11 Å². The lowest BCUT2D eigenvalue weighted by Crippen LogP contribution is -2.42. The fourth-order valence-corrected chi connectivity index (χ4v) is 1.63. The minimum atomic E-state index is -0.706. The van der Waals surface area contributed by atoms with Gasteiger partial charge in [-0.15, -0.1) is 0 Å². The number of amides is 1. The Balaban J connectivity index is 2.59. The van der Waals surface area contributed by atoms with Gasteiger partial charge in [0.2, 0.25) is 5.91 Å². The zero-order valence-corrected chi connectivity index (χ0v) is 11.7. The molecule has 5 nitrogen and oxygen atoms in total. The summed E-state index contributed by atoms with van der Waals surface area (Å²) >= 11 is 0. The molecular formula is C15H19NO4. The van der Waals surface area contributed by atoms with Gasteiger partial charge >= 0.3 is 5.97 Å². The average Bonchev–Trinajstić information content (AvgIpc) is 2.46. The number of ether oxygens (including phenoxy) is 2. The normalized spacial score (nSPS) is 12.1. The van der Waals surface area contributed by atoms with Gasteiger partial charge < -0.3 is 14.8 Å². The third kappa shape index (κ3) is 5.67. The highest BCUT2D eigenvalue weighted by Crippen LogP contribution is 2.04. The Hall–Kier alpha value is -2.14. The third-order valence-electron chi connectivity index (χ3n) is 2.58. The van der Waals surface area contributed by atoms with Gasteiger partial charge in [-0.3, -0.25) is 4.79 Å². The van der Waals surface area contributed by atoms with E-state index in [4.69, 9.17) is 4.74 Å². The second-order valence-corrected chi connectivity index (χ2v) is 4.13. The molecule has 5 heteroatoms. The van der Waals surface area contributed by atoms with Gasteiger partial charge in [-0.25, -0.2) is 4.79 Å². The van der Waals surface area contributed by atoms with Crippen LogP contribution in [0.4, 0.5) is 0 Å². The van der Waals surface area contributed by atoms with Crippen LogP contribution < -0.4 is 5.32 Å². The van der Waals surface area contributed by atoms with E-state index in [0.29, 0.717) is 6.42 Å². The van der Waals surface area contributed by atoms with Crippen molar-refractivity contribution in [1.82, 2.24) is 5.32 Å². The summed E-state index contributed by atoms with van der Waals surface area (Å²) in [7, 11) is 2.71. The molecule has 0 radical (unpaired) electrons. The number of methoxy groups -OCH3 is 2. The van der Waals surface area contributed by atoms with Crippen LogP contribution in [0.3, 0.4) is 0 Å². The van der Waals surface area contributed by atoms with Gasteiger partial charge in [-0.2, -0.15) is 0 Å². The largest absolute Gasteiger partial charge is 0.467 e. The minimum absolute atomic E-state index is 0.0874. The van der Waals surface area contributed by atoms with Crippen molar-refractivity contribution in [2.45, 2.75) is 12.5 Å². The predicted molar refractivity (Wildman–Crippen MR) is 75.9 cm³/mol. The first kappa shape index (κ1) is 15.9. The SMILES string of the molecule is COCC(=O)N[C@H](C/C=C/c1ccccc1)C(=O)OC. The molecule has 0 bridgehead atoms. The van der Waals surface area contributed by atoms with Crippen molar-refractivity contribution in [3.63, 3.8) is 0 Å². The molecule has 0 heterocycles. The topological polar surface area (TPSA) is 64.6 Å². The summed E-state index contributed by atoms with van der Waals surface area (Å²) in [6, 6.07) is 8.98. The monoisotopic (exact) mass is 277 g/mol. The van der Waals surface area contributed by atoms with Gasteiger partial charge in [0.05, 0.1) is 7.11 Å². The highest BCUT2D eigenvalue weighted by Gasteiger charge is 2.19. The van der Waals surface area contributed by atoms with E-state index in [1.54, 1.807) is 0 Å². The summed E-state index contributed by atoms with van der Waals surface area (Å²) < 4.78 is 9.38. The van der Waals surface area contributed by atoms with E-state index in [1.807, 2.05) is 42.5 Å². The Morgan fingerprint density at radius 1 is 1.25 bits per heavy atom. The summed E-state index contributed by atoms with van der Waals surface area (Å²) in [5, 5.41) is 2.57. The molecule has 0 fully saturated rings. The van der Waals surface area contributed by atoms with Crippen LogP contribution in [0.25, 0.3) is 6.08 Å². The standard InChI is InChI=1S/C15H19NO4/c1-19-11-14(17)16-13(15(18)20-2)10-6-9-12-7-4-3-5-8-12/h3-9,13H,10-11H2,1-2H3,(H,16,17)/b9-6+/t13-/m1/s1. The van der Waals surface area contributed by atoms with Gasteiger partial charge in [0.25, 0.3) is 0 Å². The molecule has 1 rings (SSSR count). The molecule has 0 saturated carbocycles. The van der Waals surface area contributed by atoms with Crippen molar-refractivity contribution >= 4 is 18.0 Å². The summed E-state index contributed by atoms with van der Waals surface area (Å²) in [6.45, 7) is -0.0874. The molecule has 20 heavy (non-hydrogen) atoms. The smallest absolute Gasteiger partial charge is 0.328 e. The third-order valence-corrected chi connectivity index (χ3v) is 2.58. The second-order valence-electron chi connectivity index (χ2n) is 4.13. The van der Waals surface area contributed by atoms with Gasteiger partial charge in [-0.1, -0.05) is 42.5 Å². The predicted octanol–water partition coefficient (Wildman–Crippen LogP) is 1.39. The van der Waals surface area contributed by atoms with Gasteiger partial charge in [-0.05, 0) is 12.0 Å². The number of hydrogen-bond donors (Lipinski definition) is 1. The Morgan fingerprint density at radius 3 is 2.55 bits per heavy atom. The molecule has 1 N–H and O–H groups in total. The maximum absolute atomic E-state index is 11.6. The first-order chi connectivity index (χ1) is 9.67. The lowest BCUT2D eigenvalue weighted by Gasteiger charge is -2.14. The minimum Gasteiger partial charge on any atom is -0.467 e. The Morgan fingerprint density at radius 2 is 1.95 bits per heavy atom. The fourth-order valence-electron chi connectivity index (χ4n) is 1.63. The van der Waals surface area contributed by atoms with E-state index in [0.717, 1.165) is 5.56 Å². The van der Waals surface area contributed by atoms with Crippen LogP contribution in [-0.4, -0.2) is 38.7 Å². The van der Waals surface area contributed by atoms with Crippen LogP contribution in [0.1, 0.15) is 12.0 Å². The zero-order valence-electron chi connectivity index (χ0n) is 11.7. The number of carbonyl (C=O) groups excluding carboxylic acids is 2. The fraction of sp³-hybridized carbons (Fsp3) is 0.333. The van der Waals surface area contributed by atoms with Crippen LogP contribution >= 0.6 is 0 Å². The van der Waals surface area contributed by atoms with E-state index >= 15 is 0 Å². The summed E-state index contributed by atoms with van der Waals surface area (Å²) in [5.74, 6) is -0.830. The lowest BCUT2D eigenvalue weighted by atomic mass is 10.1. The average molecular weight is 277 g/mol. The molecule has 108 valence electrons. The first-order valence-corrected chi connectivity index (χ1v) is 6.25. The molecular weight excluding hydrogens is 258 g/mol. The van der Waals surface area contributed by atoms with Crippen molar-refractivity contribution in [2.24, 2.45) is 0 Å². The molecule has 0 aliphatic rings. The summed E-state index contributed by atoms with van der Waals surface area (Å²) in [5.41, 5.74) is 1.03. The quantitative estimate of drug-likeness (QED) is 0.765. The number of nitrogens with one attached hydrogen (secondary N) is 1. The number of carbonyl (C=O) groups is 2. The van der Waals surface area contributed by atoms with Gasteiger partial charge in [0.15, 0.2) is 0 Å². The molecule has 0 spiro atoms. The molecule has 1 amide bonds. The Kier molecular flexibility index (Phi) is 7.06. The van der Waals surface area contributed by atoms with E-state index < -0.39 is 12.0 Å².